The Balaban J connectivity index is 2.01. The molecule has 0 saturated heterocycles. The van der Waals surface area contributed by atoms with Gasteiger partial charge < -0.3 is 20.9 Å². The average molecular weight is 242 g/mol. The molecule has 94 valence electrons. The molecule has 4 heteroatoms. The molecule has 0 saturated carbocycles. The quantitative estimate of drug-likeness (QED) is 0.797. The van der Waals surface area contributed by atoms with Gasteiger partial charge in [-0.2, -0.15) is 0 Å². The topological polar surface area (TPSA) is 50.4 Å². The highest BCUT2D eigenvalue weighted by Gasteiger charge is 2.08. The molecule has 0 atom stereocenters. The van der Waals surface area contributed by atoms with E-state index in [0.29, 0.717) is 12.2 Å². The van der Waals surface area contributed by atoms with E-state index in [9.17, 15) is 5.21 Å². The number of nitrogens with one attached hydrogen (secondary N) is 2. The van der Waals surface area contributed by atoms with Crippen molar-refractivity contribution in [3.8, 4) is 0 Å². The van der Waals surface area contributed by atoms with Crippen LogP contribution in [0.3, 0.4) is 0 Å². The van der Waals surface area contributed by atoms with E-state index >= 15 is 0 Å². The van der Waals surface area contributed by atoms with Crippen LogP contribution in [0.4, 0.5) is 5.69 Å². The molecule has 2 rings (SSSR count). The van der Waals surface area contributed by atoms with Gasteiger partial charge in [-0.3, -0.25) is 0 Å². The summed E-state index contributed by atoms with van der Waals surface area (Å²) < 4.78 is 0. The molecular weight excluding hydrogens is 226 g/mol. The fourth-order valence-electron chi connectivity index (χ4n) is 1.75. The number of nitrogens with zero attached hydrogens (tertiary/aromatic N) is 1. The van der Waals surface area contributed by atoms with Crippen LogP contribution in [-0.2, 0) is 6.54 Å². The van der Waals surface area contributed by atoms with Crippen molar-refractivity contribution in [2.24, 2.45) is 0 Å². The number of hydrogen-bond donors (Lipinski definition) is 2. The summed E-state index contributed by atoms with van der Waals surface area (Å²) in [5.41, 5.74) is 5.42. The van der Waals surface area contributed by atoms with Crippen LogP contribution in [0.1, 0.15) is 5.56 Å². The summed E-state index contributed by atoms with van der Waals surface area (Å²) in [4.78, 5) is 1.96. The van der Waals surface area contributed by atoms with Crippen LogP contribution in [0.15, 0.2) is 60.6 Å². The zero-order chi connectivity index (χ0) is 13.0. The predicted molar refractivity (Wildman–Crippen MR) is 74.4 cm³/mol. The van der Waals surface area contributed by atoms with Gasteiger partial charge in [-0.25, -0.2) is 0 Å². The van der Waals surface area contributed by atoms with Gasteiger partial charge in [-0.1, -0.05) is 18.7 Å². The second-order valence-corrected chi connectivity index (χ2v) is 4.14. The SMILES string of the molecule is C=C1C(NCc2cccc(N[O-])c2)=CC=CN1C. The lowest BCUT2D eigenvalue weighted by Crippen LogP contribution is -2.23. The zero-order valence-corrected chi connectivity index (χ0v) is 10.3. The Morgan fingerprint density at radius 1 is 1.39 bits per heavy atom. The Morgan fingerprint density at radius 3 is 3.00 bits per heavy atom. The summed E-state index contributed by atoms with van der Waals surface area (Å²) in [7, 11) is 1.95. The largest absolute Gasteiger partial charge is 0.761 e. The first-order chi connectivity index (χ1) is 8.70. The highest BCUT2D eigenvalue weighted by Crippen LogP contribution is 2.16. The molecule has 2 N–H and O–H groups in total. The van der Waals surface area contributed by atoms with E-state index in [0.717, 1.165) is 17.0 Å². The number of anilines is 1. The van der Waals surface area contributed by atoms with Crippen molar-refractivity contribution in [3.63, 3.8) is 0 Å². The smallest absolute Gasteiger partial charge is 0.0578 e. The third-order valence-electron chi connectivity index (χ3n) is 2.84. The van der Waals surface area contributed by atoms with Crippen molar-refractivity contribution in [1.82, 2.24) is 10.2 Å². The van der Waals surface area contributed by atoms with Gasteiger partial charge >= 0.3 is 0 Å². The molecule has 1 aromatic rings. The maximum Gasteiger partial charge on any atom is 0.0578 e. The molecule has 0 unspecified atom stereocenters. The molecule has 0 fully saturated rings. The second-order valence-electron chi connectivity index (χ2n) is 4.14. The van der Waals surface area contributed by atoms with Gasteiger partial charge in [0.25, 0.3) is 0 Å². The van der Waals surface area contributed by atoms with Crippen molar-refractivity contribution < 1.29 is 0 Å². The number of likely N-dealkylation sites (N-methyl/N-ethyl adjacent to an activating group) is 1. The Morgan fingerprint density at radius 2 is 2.22 bits per heavy atom. The van der Waals surface area contributed by atoms with E-state index in [2.05, 4.69) is 11.9 Å². The highest BCUT2D eigenvalue weighted by atomic mass is 16.5. The van der Waals surface area contributed by atoms with Gasteiger partial charge in [0.05, 0.1) is 11.4 Å². The number of hydrogen-bond acceptors (Lipinski definition) is 4. The summed E-state index contributed by atoms with van der Waals surface area (Å²) >= 11 is 0. The van der Waals surface area contributed by atoms with Gasteiger partial charge in [0.15, 0.2) is 0 Å². The predicted octanol–water partition coefficient (Wildman–Crippen LogP) is 2.54. The first-order valence-electron chi connectivity index (χ1n) is 5.72. The molecule has 1 aliphatic heterocycles. The molecule has 0 aliphatic carbocycles. The zero-order valence-electron chi connectivity index (χ0n) is 10.3. The second kappa shape index (κ2) is 5.42. The lowest BCUT2D eigenvalue weighted by atomic mass is 10.2. The minimum atomic E-state index is 0.572. The summed E-state index contributed by atoms with van der Waals surface area (Å²) in [6, 6.07) is 7.39. The van der Waals surface area contributed by atoms with Crippen LogP contribution in [0.25, 0.3) is 0 Å². The fraction of sp³-hybridized carbons (Fsp3) is 0.143. The summed E-state index contributed by atoms with van der Waals surface area (Å²) in [6.45, 7) is 4.66. The third-order valence-corrected chi connectivity index (χ3v) is 2.84. The molecule has 0 aromatic heterocycles. The van der Waals surface area contributed by atoms with Crippen LogP contribution >= 0.6 is 0 Å². The maximum absolute atomic E-state index is 10.6. The number of allylic oxidation sites excluding steroid dienone is 2. The lowest BCUT2D eigenvalue weighted by molar-refractivity contribution is 0.557. The highest BCUT2D eigenvalue weighted by molar-refractivity contribution is 5.46. The van der Waals surface area contributed by atoms with Crippen LogP contribution < -0.4 is 10.8 Å². The number of benzene rings is 1. The van der Waals surface area contributed by atoms with Crippen LogP contribution in [-0.4, -0.2) is 11.9 Å². The molecule has 1 heterocycles. The minimum Gasteiger partial charge on any atom is -0.761 e. The first-order valence-corrected chi connectivity index (χ1v) is 5.72. The number of rotatable bonds is 4. The van der Waals surface area contributed by atoms with Crippen molar-refractivity contribution in [2.45, 2.75) is 6.54 Å². The van der Waals surface area contributed by atoms with Gasteiger partial charge in [0.1, 0.15) is 0 Å². The summed E-state index contributed by atoms with van der Waals surface area (Å²) in [5.74, 6) is 0. The summed E-state index contributed by atoms with van der Waals surface area (Å²) in [6.07, 6.45) is 5.90. The van der Waals surface area contributed by atoms with Gasteiger partial charge in [0.2, 0.25) is 0 Å². The van der Waals surface area contributed by atoms with Crippen molar-refractivity contribution in [1.29, 1.82) is 0 Å². The fourth-order valence-corrected chi connectivity index (χ4v) is 1.75. The molecule has 18 heavy (non-hydrogen) atoms. The maximum atomic E-state index is 10.6. The van der Waals surface area contributed by atoms with Gasteiger partial charge in [-0.05, 0) is 29.8 Å². The normalized spacial score (nSPS) is 14.4. The standard InChI is InChI=1S/C14H16N3O/c1-11-14(7-4-8-17(11)2)15-10-12-5-3-6-13(9-12)16-18/h3-9,15-16H,1,10H2,2H3/q-1. The molecule has 0 amide bonds. The average Bonchev–Trinajstić information content (AvgIpc) is 2.41. The molecule has 0 radical (unpaired) electrons. The Kier molecular flexibility index (Phi) is 3.69. The Labute approximate surface area is 107 Å². The Hall–Kier alpha value is -2.20. The summed E-state index contributed by atoms with van der Waals surface area (Å²) in [5, 5.41) is 13.9. The first kappa shape index (κ1) is 12.3. The monoisotopic (exact) mass is 242 g/mol. The van der Waals surface area contributed by atoms with E-state index in [1.54, 1.807) is 6.07 Å². The van der Waals surface area contributed by atoms with Crippen molar-refractivity contribution in [2.75, 3.05) is 12.5 Å². The molecule has 1 aromatic carbocycles. The molecule has 0 spiro atoms. The van der Waals surface area contributed by atoms with E-state index in [-0.39, 0.29) is 0 Å². The van der Waals surface area contributed by atoms with Crippen LogP contribution in [0.5, 0.6) is 0 Å². The molecule has 1 aliphatic rings. The molecular formula is C14H16N3O-. The van der Waals surface area contributed by atoms with Crippen molar-refractivity contribution in [3.05, 3.63) is 71.4 Å². The lowest BCUT2D eigenvalue weighted by Gasteiger charge is -2.24. The van der Waals surface area contributed by atoms with Crippen LogP contribution in [0, 0.1) is 5.21 Å². The molecule has 4 nitrogen and oxygen atoms in total. The van der Waals surface area contributed by atoms with Gasteiger partial charge in [-0.15, -0.1) is 0 Å². The third kappa shape index (κ3) is 2.73. The molecule has 0 bridgehead atoms. The Bertz CT molecular complexity index is 506. The van der Waals surface area contributed by atoms with Crippen LogP contribution in [0.2, 0.25) is 0 Å². The van der Waals surface area contributed by atoms with E-state index in [1.165, 1.54) is 0 Å². The van der Waals surface area contributed by atoms with Gasteiger partial charge in [0, 0.05) is 25.5 Å². The van der Waals surface area contributed by atoms with E-state index in [1.807, 2.05) is 54.0 Å². The van der Waals surface area contributed by atoms with E-state index in [4.69, 9.17) is 0 Å². The van der Waals surface area contributed by atoms with Crippen molar-refractivity contribution >= 4 is 5.69 Å². The van der Waals surface area contributed by atoms with E-state index < -0.39 is 0 Å². The minimum absolute atomic E-state index is 0.572.